The molecule has 1 aromatic carbocycles. The number of aromatic amines is 1. The lowest BCUT2D eigenvalue weighted by atomic mass is 10.0. The van der Waals surface area contributed by atoms with E-state index in [-0.39, 0.29) is 24.2 Å². The number of aromatic nitrogens is 4. The van der Waals surface area contributed by atoms with Gasteiger partial charge in [-0.3, -0.25) is 14.6 Å². The Morgan fingerprint density at radius 1 is 1.02 bits per heavy atom. The zero-order valence-corrected chi connectivity index (χ0v) is 24.3. The minimum absolute atomic E-state index is 0.0485. The molecule has 0 radical (unpaired) electrons. The molecule has 3 aromatic heterocycles. The first kappa shape index (κ1) is 28.4. The summed E-state index contributed by atoms with van der Waals surface area (Å²) in [5.74, 6) is 5.98. The van der Waals surface area contributed by atoms with Crippen molar-refractivity contribution in [3.8, 4) is 23.1 Å². The summed E-state index contributed by atoms with van der Waals surface area (Å²) < 4.78 is 5.49. The summed E-state index contributed by atoms with van der Waals surface area (Å²) in [6.45, 7) is 6.26. The van der Waals surface area contributed by atoms with Gasteiger partial charge in [-0.25, -0.2) is 9.97 Å². The third kappa shape index (κ3) is 6.84. The van der Waals surface area contributed by atoms with Crippen LogP contribution in [-0.4, -0.2) is 77.1 Å². The second-order valence-corrected chi connectivity index (χ2v) is 11.0. The van der Waals surface area contributed by atoms with E-state index in [9.17, 15) is 9.59 Å². The minimum Gasteiger partial charge on any atom is -0.378 e. The van der Waals surface area contributed by atoms with Crippen LogP contribution in [0.1, 0.15) is 31.0 Å². The van der Waals surface area contributed by atoms with E-state index < -0.39 is 0 Å². The molecule has 220 valence electrons. The van der Waals surface area contributed by atoms with Gasteiger partial charge in [-0.1, -0.05) is 30.2 Å². The molecular formula is C33H35N7O3. The molecule has 0 spiro atoms. The van der Waals surface area contributed by atoms with Crippen LogP contribution >= 0.6 is 0 Å². The van der Waals surface area contributed by atoms with E-state index in [1.807, 2.05) is 36.4 Å². The third-order valence-corrected chi connectivity index (χ3v) is 7.92. The quantitative estimate of drug-likeness (QED) is 0.307. The molecule has 10 nitrogen and oxygen atoms in total. The average molecular weight is 578 g/mol. The number of carbonyl (C=O) groups excluding carboxylic acids is 2. The van der Waals surface area contributed by atoms with Crippen LogP contribution in [0.25, 0.3) is 22.3 Å². The van der Waals surface area contributed by atoms with E-state index in [1.165, 1.54) is 0 Å². The van der Waals surface area contributed by atoms with Crippen molar-refractivity contribution >= 4 is 34.2 Å². The molecule has 2 fully saturated rings. The standard InChI is InChI=1S/C33H35N7O3/c1-2-4-31(42)37-25-5-3-12-40(21-25)27-10-11-34-26(18-27)19-28(41)17-23-6-8-24(9-7-23)30-20-29-32(38-30)35-22-36-33(29)39-13-15-43-16-14-39/h6-11,18,20,22,25H,3,5,12-17,19,21H2,1H3,(H,37,42)(H,35,36,38)/t25-/m1/s1. The van der Waals surface area contributed by atoms with Crippen LogP contribution in [0.5, 0.6) is 0 Å². The van der Waals surface area contributed by atoms with Gasteiger partial charge in [-0.15, -0.1) is 0 Å². The van der Waals surface area contributed by atoms with Gasteiger partial charge in [0.2, 0.25) is 0 Å². The number of carbonyl (C=O) groups is 2. The molecule has 4 aromatic rings. The molecule has 2 aliphatic rings. The fraction of sp³-hybridized carbons (Fsp3) is 0.364. The summed E-state index contributed by atoms with van der Waals surface area (Å²) in [7, 11) is 0. The predicted molar refractivity (Wildman–Crippen MR) is 166 cm³/mol. The Balaban J connectivity index is 1.08. The molecule has 0 saturated carbocycles. The summed E-state index contributed by atoms with van der Waals surface area (Å²) in [4.78, 5) is 46.3. The van der Waals surface area contributed by atoms with Crippen LogP contribution in [0.2, 0.25) is 0 Å². The van der Waals surface area contributed by atoms with Gasteiger partial charge < -0.3 is 24.8 Å². The van der Waals surface area contributed by atoms with Gasteiger partial charge in [0.05, 0.1) is 18.6 Å². The SMILES string of the molecule is CC#CC(=O)N[C@@H]1CCCN(c2ccnc(CC(=O)Cc3ccc(-c4cc5c(N6CCOCC6)ncnc5[nH]4)cc3)c2)C1. The van der Waals surface area contributed by atoms with E-state index >= 15 is 0 Å². The van der Waals surface area contributed by atoms with Crippen LogP contribution < -0.4 is 15.1 Å². The van der Waals surface area contributed by atoms with Crippen LogP contribution in [0, 0.1) is 11.8 Å². The maximum absolute atomic E-state index is 13.0. The number of fused-ring (bicyclic) bond motifs is 1. The molecule has 5 heterocycles. The number of morpholine rings is 1. The highest BCUT2D eigenvalue weighted by atomic mass is 16.5. The number of anilines is 2. The molecule has 2 aliphatic heterocycles. The van der Waals surface area contributed by atoms with Gasteiger partial charge >= 0.3 is 0 Å². The van der Waals surface area contributed by atoms with E-state index in [2.05, 4.69) is 53.0 Å². The summed E-state index contributed by atoms with van der Waals surface area (Å²) in [5.41, 5.74) is 5.51. The highest BCUT2D eigenvalue weighted by Crippen LogP contribution is 2.29. The van der Waals surface area contributed by atoms with E-state index in [1.54, 1.807) is 19.4 Å². The molecule has 2 N–H and O–H groups in total. The van der Waals surface area contributed by atoms with E-state index in [4.69, 9.17) is 4.74 Å². The first-order valence-corrected chi connectivity index (χ1v) is 14.8. The molecule has 1 atom stereocenters. The smallest absolute Gasteiger partial charge is 0.296 e. The number of piperidine rings is 1. The lowest BCUT2D eigenvalue weighted by Gasteiger charge is -2.34. The number of pyridine rings is 1. The Bertz CT molecular complexity index is 1670. The summed E-state index contributed by atoms with van der Waals surface area (Å²) >= 11 is 0. The Kier molecular flexibility index (Phi) is 8.61. The fourth-order valence-electron chi connectivity index (χ4n) is 5.83. The summed E-state index contributed by atoms with van der Waals surface area (Å²) in [6.07, 6.45) is 5.85. The lowest BCUT2D eigenvalue weighted by molar-refractivity contribution is -0.118. The Morgan fingerprint density at radius 3 is 2.67 bits per heavy atom. The number of hydrogen-bond donors (Lipinski definition) is 2. The Morgan fingerprint density at radius 2 is 1.86 bits per heavy atom. The largest absolute Gasteiger partial charge is 0.378 e. The first-order chi connectivity index (χ1) is 21.1. The molecule has 10 heteroatoms. The number of rotatable bonds is 8. The molecule has 0 unspecified atom stereocenters. The van der Waals surface area contributed by atoms with Gasteiger partial charge in [-0.2, -0.15) is 0 Å². The molecular weight excluding hydrogens is 542 g/mol. The number of Topliss-reactive ketones (excluding diaryl/α,β-unsaturated/α-hetero) is 1. The predicted octanol–water partition coefficient (Wildman–Crippen LogP) is 3.32. The van der Waals surface area contributed by atoms with Crippen molar-refractivity contribution in [2.45, 2.75) is 38.6 Å². The maximum atomic E-state index is 13.0. The lowest BCUT2D eigenvalue weighted by Crippen LogP contribution is -2.47. The monoisotopic (exact) mass is 577 g/mol. The number of ether oxygens (including phenoxy) is 1. The summed E-state index contributed by atoms with van der Waals surface area (Å²) in [5, 5.41) is 3.98. The van der Waals surface area contributed by atoms with Crippen molar-refractivity contribution in [3.63, 3.8) is 0 Å². The van der Waals surface area contributed by atoms with Crippen molar-refractivity contribution in [2.24, 2.45) is 0 Å². The highest BCUT2D eigenvalue weighted by molar-refractivity contribution is 5.93. The number of hydrogen-bond acceptors (Lipinski definition) is 8. The molecule has 0 bridgehead atoms. The average Bonchev–Trinajstić information content (AvgIpc) is 3.47. The van der Waals surface area contributed by atoms with Crippen molar-refractivity contribution in [2.75, 3.05) is 49.2 Å². The second kappa shape index (κ2) is 13.0. The molecule has 2 saturated heterocycles. The number of ketones is 1. The maximum Gasteiger partial charge on any atom is 0.296 e. The van der Waals surface area contributed by atoms with Crippen molar-refractivity contribution in [1.82, 2.24) is 25.3 Å². The van der Waals surface area contributed by atoms with Crippen molar-refractivity contribution in [1.29, 1.82) is 0 Å². The van der Waals surface area contributed by atoms with Gasteiger partial charge in [-0.05, 0) is 55.0 Å². The Hall–Kier alpha value is -4.75. The van der Waals surface area contributed by atoms with Crippen molar-refractivity contribution < 1.29 is 14.3 Å². The van der Waals surface area contributed by atoms with Gasteiger partial charge in [0, 0.05) is 68.3 Å². The number of nitrogens with zero attached hydrogens (tertiary/aromatic N) is 5. The molecule has 0 aliphatic carbocycles. The van der Waals surface area contributed by atoms with Gasteiger partial charge in [0.15, 0.2) is 0 Å². The van der Waals surface area contributed by atoms with E-state index in [0.717, 1.165) is 77.5 Å². The second-order valence-electron chi connectivity index (χ2n) is 11.0. The van der Waals surface area contributed by atoms with Gasteiger partial charge in [0.1, 0.15) is 23.6 Å². The van der Waals surface area contributed by atoms with Crippen LogP contribution in [-0.2, 0) is 27.2 Å². The molecule has 43 heavy (non-hydrogen) atoms. The molecule has 6 rings (SSSR count). The van der Waals surface area contributed by atoms with Crippen LogP contribution in [0.4, 0.5) is 11.5 Å². The number of H-pyrrole nitrogens is 1. The highest BCUT2D eigenvalue weighted by Gasteiger charge is 2.22. The molecule has 1 amide bonds. The van der Waals surface area contributed by atoms with Crippen LogP contribution in [0.15, 0.2) is 55.0 Å². The minimum atomic E-state index is -0.239. The van der Waals surface area contributed by atoms with Crippen LogP contribution in [0.3, 0.4) is 0 Å². The zero-order chi connectivity index (χ0) is 29.6. The fourth-order valence-corrected chi connectivity index (χ4v) is 5.83. The van der Waals surface area contributed by atoms with Crippen molar-refractivity contribution in [3.05, 3.63) is 66.2 Å². The zero-order valence-electron chi connectivity index (χ0n) is 24.3. The van der Waals surface area contributed by atoms with E-state index in [0.29, 0.717) is 26.2 Å². The normalized spacial score (nSPS) is 16.9. The number of benzene rings is 1. The number of nitrogens with one attached hydrogen (secondary N) is 2. The summed E-state index contributed by atoms with van der Waals surface area (Å²) in [6, 6.07) is 14.2. The third-order valence-electron chi connectivity index (χ3n) is 7.92. The van der Waals surface area contributed by atoms with Gasteiger partial charge in [0.25, 0.3) is 5.91 Å². The topological polar surface area (TPSA) is 116 Å². The Labute approximate surface area is 250 Å². The first-order valence-electron chi connectivity index (χ1n) is 14.8. The number of amides is 1.